The SMILES string of the molecule is N#Cc1cc(C2CCCNC2)c(O)cc1O. The van der Waals surface area contributed by atoms with Gasteiger partial charge in [-0.25, -0.2) is 0 Å². The molecule has 0 aromatic heterocycles. The summed E-state index contributed by atoms with van der Waals surface area (Å²) in [5.41, 5.74) is 0.972. The first kappa shape index (κ1) is 10.8. The van der Waals surface area contributed by atoms with Crippen molar-refractivity contribution in [3.8, 4) is 17.6 Å². The van der Waals surface area contributed by atoms with Crippen LogP contribution >= 0.6 is 0 Å². The highest BCUT2D eigenvalue weighted by atomic mass is 16.3. The molecule has 16 heavy (non-hydrogen) atoms. The summed E-state index contributed by atoms with van der Waals surface area (Å²) in [6, 6.07) is 4.76. The van der Waals surface area contributed by atoms with E-state index < -0.39 is 0 Å². The maximum absolute atomic E-state index is 9.77. The molecule has 3 N–H and O–H groups in total. The molecule has 0 saturated carbocycles. The van der Waals surface area contributed by atoms with Crippen LogP contribution in [0.25, 0.3) is 0 Å². The van der Waals surface area contributed by atoms with Crippen molar-refractivity contribution in [2.75, 3.05) is 13.1 Å². The molecule has 1 aliphatic rings. The molecule has 84 valence electrons. The maximum Gasteiger partial charge on any atom is 0.137 e. The van der Waals surface area contributed by atoms with Gasteiger partial charge in [0, 0.05) is 18.5 Å². The van der Waals surface area contributed by atoms with Gasteiger partial charge in [0.2, 0.25) is 0 Å². The van der Waals surface area contributed by atoms with Gasteiger partial charge in [0.15, 0.2) is 0 Å². The lowest BCUT2D eigenvalue weighted by Gasteiger charge is -2.24. The number of hydrogen-bond donors (Lipinski definition) is 3. The lowest BCUT2D eigenvalue weighted by Crippen LogP contribution is -2.28. The van der Waals surface area contributed by atoms with Gasteiger partial charge in [-0.15, -0.1) is 0 Å². The second-order valence-electron chi connectivity index (χ2n) is 4.08. The third kappa shape index (κ3) is 1.95. The number of rotatable bonds is 1. The van der Waals surface area contributed by atoms with Gasteiger partial charge in [0.1, 0.15) is 17.6 Å². The van der Waals surface area contributed by atoms with Crippen LogP contribution in [0.5, 0.6) is 11.5 Å². The van der Waals surface area contributed by atoms with Crippen molar-refractivity contribution in [2.45, 2.75) is 18.8 Å². The van der Waals surface area contributed by atoms with Gasteiger partial charge in [-0.1, -0.05) is 0 Å². The van der Waals surface area contributed by atoms with Gasteiger partial charge in [0.05, 0.1) is 5.56 Å². The van der Waals surface area contributed by atoms with Crippen molar-refractivity contribution in [2.24, 2.45) is 0 Å². The van der Waals surface area contributed by atoms with Crippen molar-refractivity contribution >= 4 is 0 Å². The molecular weight excluding hydrogens is 204 g/mol. The number of phenols is 2. The fourth-order valence-corrected chi connectivity index (χ4v) is 2.13. The monoisotopic (exact) mass is 218 g/mol. The predicted molar refractivity (Wildman–Crippen MR) is 59.3 cm³/mol. The highest BCUT2D eigenvalue weighted by molar-refractivity contribution is 5.51. The molecule has 1 saturated heterocycles. The molecule has 2 rings (SSSR count). The van der Waals surface area contributed by atoms with E-state index in [0.717, 1.165) is 31.5 Å². The summed E-state index contributed by atoms with van der Waals surface area (Å²) in [6.07, 6.45) is 2.06. The van der Waals surface area contributed by atoms with Crippen molar-refractivity contribution < 1.29 is 10.2 Å². The van der Waals surface area contributed by atoms with E-state index in [9.17, 15) is 10.2 Å². The summed E-state index contributed by atoms with van der Waals surface area (Å²) in [7, 11) is 0. The number of nitrogens with one attached hydrogen (secondary N) is 1. The van der Waals surface area contributed by atoms with Crippen LogP contribution in [-0.4, -0.2) is 23.3 Å². The predicted octanol–water partition coefficient (Wildman–Crippen LogP) is 1.44. The minimum absolute atomic E-state index is 0.0743. The van der Waals surface area contributed by atoms with Crippen molar-refractivity contribution in [3.63, 3.8) is 0 Å². The number of nitrogens with zero attached hydrogens (tertiary/aromatic N) is 1. The number of aromatic hydroxyl groups is 2. The molecule has 1 unspecified atom stereocenters. The third-order valence-electron chi connectivity index (χ3n) is 3.00. The van der Waals surface area contributed by atoms with E-state index in [4.69, 9.17) is 5.26 Å². The summed E-state index contributed by atoms with van der Waals surface area (Å²) in [5.74, 6) is 0.138. The minimum atomic E-state index is -0.160. The first-order valence-electron chi connectivity index (χ1n) is 5.39. The van der Waals surface area contributed by atoms with Crippen LogP contribution in [0.3, 0.4) is 0 Å². The average molecular weight is 218 g/mol. The molecule has 1 heterocycles. The lowest BCUT2D eigenvalue weighted by atomic mass is 9.90. The van der Waals surface area contributed by atoms with Crippen LogP contribution in [0.2, 0.25) is 0 Å². The summed E-state index contributed by atoms with van der Waals surface area (Å²) >= 11 is 0. The Bertz CT molecular complexity index is 431. The van der Waals surface area contributed by atoms with Crippen LogP contribution in [0.1, 0.15) is 29.9 Å². The largest absolute Gasteiger partial charge is 0.508 e. The zero-order valence-electron chi connectivity index (χ0n) is 8.90. The van der Waals surface area contributed by atoms with Gasteiger partial charge < -0.3 is 15.5 Å². The molecule has 4 nitrogen and oxygen atoms in total. The lowest BCUT2D eigenvalue weighted by molar-refractivity contribution is 0.417. The normalized spacial score (nSPS) is 20.3. The standard InChI is InChI=1S/C12H14N2O2/c13-6-9-4-10(12(16)5-11(9)15)8-2-1-3-14-7-8/h4-5,8,14-16H,1-3,7H2. The molecule has 1 atom stereocenters. The summed E-state index contributed by atoms with van der Waals surface area (Å²) in [5, 5.41) is 31.3. The van der Waals surface area contributed by atoms with Crippen LogP contribution in [0, 0.1) is 11.3 Å². The van der Waals surface area contributed by atoms with E-state index in [2.05, 4.69) is 5.32 Å². The van der Waals surface area contributed by atoms with E-state index in [1.54, 1.807) is 6.07 Å². The Morgan fingerprint density at radius 1 is 1.31 bits per heavy atom. The van der Waals surface area contributed by atoms with Crippen LogP contribution in [0.4, 0.5) is 0 Å². The van der Waals surface area contributed by atoms with Crippen LogP contribution in [-0.2, 0) is 0 Å². The fraction of sp³-hybridized carbons (Fsp3) is 0.417. The van der Waals surface area contributed by atoms with E-state index in [0.29, 0.717) is 0 Å². The summed E-state index contributed by atoms with van der Waals surface area (Å²) < 4.78 is 0. The molecule has 1 aliphatic heterocycles. The third-order valence-corrected chi connectivity index (χ3v) is 3.00. The van der Waals surface area contributed by atoms with Gasteiger partial charge in [-0.05, 0) is 31.0 Å². The van der Waals surface area contributed by atoms with Gasteiger partial charge >= 0.3 is 0 Å². The number of nitriles is 1. The Morgan fingerprint density at radius 3 is 2.75 bits per heavy atom. The van der Waals surface area contributed by atoms with Gasteiger partial charge in [0.25, 0.3) is 0 Å². The number of phenolic OH excluding ortho intramolecular Hbond substituents is 2. The highest BCUT2D eigenvalue weighted by Gasteiger charge is 2.20. The maximum atomic E-state index is 9.77. The Morgan fingerprint density at radius 2 is 2.12 bits per heavy atom. The first-order chi connectivity index (χ1) is 7.72. The molecule has 0 aliphatic carbocycles. The number of piperidine rings is 1. The first-order valence-corrected chi connectivity index (χ1v) is 5.39. The van der Waals surface area contributed by atoms with Crippen molar-refractivity contribution in [1.82, 2.24) is 5.32 Å². The molecule has 0 bridgehead atoms. The molecule has 1 aromatic carbocycles. The van der Waals surface area contributed by atoms with Gasteiger partial charge in [-0.2, -0.15) is 5.26 Å². The molecule has 0 radical (unpaired) electrons. The zero-order valence-corrected chi connectivity index (χ0v) is 8.90. The Kier molecular flexibility index (Phi) is 2.97. The van der Waals surface area contributed by atoms with E-state index in [-0.39, 0.29) is 23.0 Å². The minimum Gasteiger partial charge on any atom is -0.508 e. The Hall–Kier alpha value is -1.73. The molecular formula is C12H14N2O2. The quantitative estimate of drug-likeness (QED) is 0.666. The summed E-state index contributed by atoms with van der Waals surface area (Å²) in [6.45, 7) is 1.81. The molecule has 1 fully saturated rings. The van der Waals surface area contributed by atoms with E-state index >= 15 is 0 Å². The van der Waals surface area contributed by atoms with E-state index in [1.807, 2.05) is 6.07 Å². The summed E-state index contributed by atoms with van der Waals surface area (Å²) in [4.78, 5) is 0. The Labute approximate surface area is 94.1 Å². The van der Waals surface area contributed by atoms with Crippen LogP contribution < -0.4 is 5.32 Å². The smallest absolute Gasteiger partial charge is 0.137 e. The van der Waals surface area contributed by atoms with Crippen LogP contribution in [0.15, 0.2) is 12.1 Å². The number of benzene rings is 1. The van der Waals surface area contributed by atoms with Crippen molar-refractivity contribution in [1.29, 1.82) is 5.26 Å². The molecule has 0 amide bonds. The zero-order chi connectivity index (χ0) is 11.5. The molecule has 1 aromatic rings. The number of hydrogen-bond acceptors (Lipinski definition) is 4. The fourth-order valence-electron chi connectivity index (χ4n) is 2.13. The second kappa shape index (κ2) is 4.42. The topological polar surface area (TPSA) is 76.3 Å². The molecule has 4 heteroatoms. The second-order valence-corrected chi connectivity index (χ2v) is 4.08. The van der Waals surface area contributed by atoms with E-state index in [1.165, 1.54) is 6.07 Å². The van der Waals surface area contributed by atoms with Crippen molar-refractivity contribution in [3.05, 3.63) is 23.3 Å². The van der Waals surface area contributed by atoms with Gasteiger partial charge in [-0.3, -0.25) is 0 Å². The highest BCUT2D eigenvalue weighted by Crippen LogP contribution is 2.34. The molecule has 0 spiro atoms. The Balaban J connectivity index is 2.36. The average Bonchev–Trinajstić information content (AvgIpc) is 2.30.